The molecule has 0 atom stereocenters. The van der Waals surface area contributed by atoms with Crippen LogP contribution in [0.5, 0.6) is 0 Å². The van der Waals surface area contributed by atoms with E-state index in [1.807, 2.05) is 13.2 Å². The summed E-state index contributed by atoms with van der Waals surface area (Å²) in [6.45, 7) is 0.700. The number of hydrogen-bond donors (Lipinski definition) is 0. The van der Waals surface area contributed by atoms with Crippen molar-refractivity contribution in [3.8, 4) is 11.1 Å². The Bertz CT molecular complexity index is 862. The number of hydrogen-bond acceptors (Lipinski definition) is 1. The van der Waals surface area contributed by atoms with E-state index in [4.69, 9.17) is 4.74 Å². The second kappa shape index (κ2) is 12.8. The van der Waals surface area contributed by atoms with E-state index >= 15 is 4.39 Å². The molecule has 4 rings (SSSR count). The summed E-state index contributed by atoms with van der Waals surface area (Å²) < 4.78 is 32.8. The highest BCUT2D eigenvalue weighted by Gasteiger charge is 2.24. The first-order valence-corrected chi connectivity index (χ1v) is 13.6. The monoisotopic (exact) mass is 468 g/mol. The topological polar surface area (TPSA) is 9.23 Å². The Kier molecular flexibility index (Phi) is 9.56. The molecule has 186 valence electrons. The minimum absolute atomic E-state index is 0.0714. The number of ether oxygens (including phenoxy) is 1. The fraction of sp³-hybridized carbons (Fsp3) is 0.613. The molecular weight excluding hydrogens is 426 g/mol. The second-order valence-corrected chi connectivity index (χ2v) is 10.9. The molecule has 2 saturated carbocycles. The van der Waals surface area contributed by atoms with Crippen LogP contribution in [0.4, 0.5) is 8.78 Å². The van der Waals surface area contributed by atoms with Gasteiger partial charge in [0.15, 0.2) is 0 Å². The zero-order chi connectivity index (χ0) is 23.8. The third kappa shape index (κ3) is 6.90. The average Bonchev–Trinajstić information content (AvgIpc) is 2.88. The van der Waals surface area contributed by atoms with Crippen LogP contribution in [0.1, 0.15) is 87.7 Å². The number of alkyl halides is 1. The van der Waals surface area contributed by atoms with Crippen LogP contribution in [0.2, 0.25) is 0 Å². The van der Waals surface area contributed by atoms with Crippen molar-refractivity contribution in [3.63, 3.8) is 0 Å². The fourth-order valence-corrected chi connectivity index (χ4v) is 6.32. The largest absolute Gasteiger partial charge is 0.384 e. The standard InChI is InChI=1S/C31H42F2O/c1-34-22-26-8-6-24(7-9-26)4-5-25-10-14-27(15-11-25)29-18-19-30(31(33)21-29)28-16-12-23(13-17-28)3-2-20-32/h10-11,14-15,18-19,21,23-24,26,28H,2-9,12-13,16-17,20,22H2,1H3. The summed E-state index contributed by atoms with van der Waals surface area (Å²) in [5.74, 6) is 2.46. The zero-order valence-corrected chi connectivity index (χ0v) is 20.9. The molecule has 2 aliphatic rings. The summed E-state index contributed by atoms with van der Waals surface area (Å²) in [6, 6.07) is 14.5. The molecule has 0 aromatic heterocycles. The third-order valence-corrected chi connectivity index (χ3v) is 8.53. The van der Waals surface area contributed by atoms with Gasteiger partial charge in [-0.15, -0.1) is 0 Å². The van der Waals surface area contributed by atoms with Gasteiger partial charge in [0.1, 0.15) is 5.82 Å². The van der Waals surface area contributed by atoms with Crippen molar-refractivity contribution in [2.75, 3.05) is 20.4 Å². The first-order chi connectivity index (χ1) is 16.7. The van der Waals surface area contributed by atoms with Gasteiger partial charge in [-0.2, -0.15) is 0 Å². The molecule has 0 unspecified atom stereocenters. The van der Waals surface area contributed by atoms with Gasteiger partial charge in [-0.05, 0) is 116 Å². The van der Waals surface area contributed by atoms with Gasteiger partial charge in [-0.25, -0.2) is 4.39 Å². The molecule has 0 heterocycles. The summed E-state index contributed by atoms with van der Waals surface area (Å²) in [5.41, 5.74) is 4.29. The van der Waals surface area contributed by atoms with Crippen molar-refractivity contribution in [1.82, 2.24) is 0 Å². The number of aryl methyl sites for hydroxylation is 1. The Morgan fingerprint density at radius 3 is 2.03 bits per heavy atom. The molecule has 0 radical (unpaired) electrons. The first-order valence-electron chi connectivity index (χ1n) is 13.6. The second-order valence-electron chi connectivity index (χ2n) is 10.9. The Labute approximate surface area is 205 Å². The molecule has 34 heavy (non-hydrogen) atoms. The molecule has 2 fully saturated rings. The number of benzene rings is 2. The van der Waals surface area contributed by atoms with Crippen LogP contribution in [0, 0.1) is 23.6 Å². The quantitative estimate of drug-likeness (QED) is 0.338. The van der Waals surface area contributed by atoms with Gasteiger partial charge in [0, 0.05) is 13.7 Å². The van der Waals surface area contributed by atoms with E-state index < -0.39 is 0 Å². The maximum absolute atomic E-state index is 15.0. The highest BCUT2D eigenvalue weighted by Crippen LogP contribution is 2.39. The summed E-state index contributed by atoms with van der Waals surface area (Å²) >= 11 is 0. The molecule has 0 bridgehead atoms. The van der Waals surface area contributed by atoms with E-state index in [9.17, 15) is 4.39 Å². The van der Waals surface area contributed by atoms with Crippen LogP contribution in [0.3, 0.4) is 0 Å². The Balaban J connectivity index is 1.28. The lowest BCUT2D eigenvalue weighted by Gasteiger charge is -2.29. The Hall–Kier alpha value is -1.74. The van der Waals surface area contributed by atoms with Crippen LogP contribution in [-0.2, 0) is 11.2 Å². The average molecular weight is 469 g/mol. The van der Waals surface area contributed by atoms with Crippen molar-refractivity contribution >= 4 is 0 Å². The fourth-order valence-electron chi connectivity index (χ4n) is 6.32. The minimum Gasteiger partial charge on any atom is -0.384 e. The Morgan fingerprint density at radius 1 is 0.765 bits per heavy atom. The minimum atomic E-state index is -0.215. The van der Waals surface area contributed by atoms with Crippen molar-refractivity contribution in [2.45, 2.75) is 83.0 Å². The van der Waals surface area contributed by atoms with Crippen LogP contribution in [0.15, 0.2) is 42.5 Å². The maximum atomic E-state index is 15.0. The normalized spacial score (nSPS) is 25.4. The Morgan fingerprint density at radius 2 is 1.38 bits per heavy atom. The lowest BCUT2D eigenvalue weighted by atomic mass is 9.77. The van der Waals surface area contributed by atoms with E-state index in [1.54, 1.807) is 6.07 Å². The predicted molar refractivity (Wildman–Crippen MR) is 137 cm³/mol. The van der Waals surface area contributed by atoms with Crippen molar-refractivity contribution in [3.05, 3.63) is 59.4 Å². The van der Waals surface area contributed by atoms with Crippen molar-refractivity contribution in [2.24, 2.45) is 17.8 Å². The predicted octanol–water partition coefficient (Wildman–Crippen LogP) is 8.90. The molecule has 2 aromatic rings. The number of rotatable bonds is 10. The molecule has 0 spiro atoms. The molecule has 1 nitrogen and oxygen atoms in total. The molecule has 0 aliphatic heterocycles. The van der Waals surface area contributed by atoms with Crippen molar-refractivity contribution in [1.29, 1.82) is 0 Å². The van der Waals surface area contributed by atoms with E-state index in [-0.39, 0.29) is 12.5 Å². The van der Waals surface area contributed by atoms with E-state index in [1.165, 1.54) is 37.7 Å². The first kappa shape index (κ1) is 25.4. The van der Waals surface area contributed by atoms with Gasteiger partial charge in [0.05, 0.1) is 6.67 Å². The van der Waals surface area contributed by atoms with Gasteiger partial charge in [0.25, 0.3) is 0 Å². The molecule has 0 saturated heterocycles. The molecule has 0 amide bonds. The lowest BCUT2D eigenvalue weighted by molar-refractivity contribution is 0.117. The summed E-state index contributed by atoms with van der Waals surface area (Å²) in [5, 5.41) is 0. The highest BCUT2D eigenvalue weighted by atomic mass is 19.1. The van der Waals surface area contributed by atoms with Gasteiger partial charge in [-0.1, -0.05) is 49.2 Å². The van der Waals surface area contributed by atoms with Gasteiger partial charge >= 0.3 is 0 Å². The molecule has 2 aliphatic carbocycles. The van der Waals surface area contributed by atoms with Crippen LogP contribution in [0.25, 0.3) is 11.1 Å². The lowest BCUT2D eigenvalue weighted by Crippen LogP contribution is -2.18. The van der Waals surface area contributed by atoms with Crippen molar-refractivity contribution < 1.29 is 13.5 Å². The summed E-state index contributed by atoms with van der Waals surface area (Å²) in [6.07, 6.45) is 13.6. The summed E-state index contributed by atoms with van der Waals surface area (Å²) in [7, 11) is 1.81. The van der Waals surface area contributed by atoms with E-state index in [2.05, 4.69) is 30.3 Å². The van der Waals surface area contributed by atoms with Crippen LogP contribution >= 0.6 is 0 Å². The van der Waals surface area contributed by atoms with Gasteiger partial charge in [0.2, 0.25) is 0 Å². The number of methoxy groups -OCH3 is 1. The summed E-state index contributed by atoms with van der Waals surface area (Å²) in [4.78, 5) is 0. The highest BCUT2D eigenvalue weighted by molar-refractivity contribution is 5.64. The third-order valence-electron chi connectivity index (χ3n) is 8.53. The molecule has 2 aromatic carbocycles. The number of halogens is 2. The van der Waals surface area contributed by atoms with Crippen LogP contribution < -0.4 is 0 Å². The van der Waals surface area contributed by atoms with E-state index in [0.717, 1.165) is 73.7 Å². The molecule has 3 heteroatoms. The van der Waals surface area contributed by atoms with Crippen LogP contribution in [-0.4, -0.2) is 20.4 Å². The molecular formula is C31H42F2O. The SMILES string of the molecule is COCC1CCC(CCc2ccc(-c3ccc(C4CCC(CCCF)CC4)c(F)c3)cc2)CC1. The zero-order valence-electron chi connectivity index (χ0n) is 20.9. The van der Waals surface area contributed by atoms with Gasteiger partial charge in [-0.3, -0.25) is 4.39 Å². The smallest absolute Gasteiger partial charge is 0.127 e. The maximum Gasteiger partial charge on any atom is 0.127 e. The van der Waals surface area contributed by atoms with Gasteiger partial charge < -0.3 is 4.74 Å². The molecule has 0 N–H and O–H groups in total. The van der Waals surface area contributed by atoms with E-state index in [0.29, 0.717) is 18.3 Å².